The van der Waals surface area contributed by atoms with Crippen molar-refractivity contribution in [1.82, 2.24) is 15.0 Å². The van der Waals surface area contributed by atoms with Crippen molar-refractivity contribution in [2.75, 3.05) is 0 Å². The maximum absolute atomic E-state index is 11.5. The van der Waals surface area contributed by atoms with Crippen LogP contribution in [0.3, 0.4) is 0 Å². The van der Waals surface area contributed by atoms with Gasteiger partial charge in [0.15, 0.2) is 5.82 Å². The lowest BCUT2D eigenvalue weighted by molar-refractivity contribution is -0.385. The number of hydrogen-bond donors (Lipinski definition) is 0. The standard InChI is InChI=1S/C20H13ClN4O3S/c21-12-6-7-15(14(9-12)25(26)27)28-19-17-13-4-1-5-16(13)29-20(17)24-18(23-19)11-3-2-8-22-10-11/h2-3,6-10H,1,4-5H2. The fourth-order valence-electron chi connectivity index (χ4n) is 3.48. The number of fused-ring (bicyclic) bond motifs is 3. The minimum Gasteiger partial charge on any atom is -0.431 e. The highest BCUT2D eigenvalue weighted by Gasteiger charge is 2.25. The van der Waals surface area contributed by atoms with E-state index in [1.165, 1.54) is 22.6 Å². The van der Waals surface area contributed by atoms with Crippen LogP contribution in [0, 0.1) is 10.1 Å². The van der Waals surface area contributed by atoms with E-state index in [-0.39, 0.29) is 16.5 Å². The summed E-state index contributed by atoms with van der Waals surface area (Å²) in [5, 5.41) is 12.6. The molecule has 3 heterocycles. The van der Waals surface area contributed by atoms with Crippen LogP contribution in [0.2, 0.25) is 5.02 Å². The molecule has 0 aliphatic heterocycles. The van der Waals surface area contributed by atoms with Gasteiger partial charge < -0.3 is 4.74 Å². The summed E-state index contributed by atoms with van der Waals surface area (Å²) in [5.41, 5.74) is 1.71. The smallest absolute Gasteiger partial charge is 0.313 e. The predicted octanol–water partition coefficient (Wildman–Crippen LogP) is 5.60. The molecule has 29 heavy (non-hydrogen) atoms. The number of aromatic nitrogens is 3. The lowest BCUT2D eigenvalue weighted by atomic mass is 10.2. The maximum Gasteiger partial charge on any atom is 0.313 e. The molecular formula is C20H13ClN4O3S. The van der Waals surface area contributed by atoms with Crippen molar-refractivity contribution >= 4 is 38.8 Å². The van der Waals surface area contributed by atoms with Crippen LogP contribution in [0.1, 0.15) is 16.9 Å². The van der Waals surface area contributed by atoms with E-state index in [4.69, 9.17) is 21.3 Å². The van der Waals surface area contributed by atoms with Gasteiger partial charge in [0.05, 0.1) is 10.3 Å². The number of thiophene rings is 1. The van der Waals surface area contributed by atoms with Crippen LogP contribution >= 0.6 is 22.9 Å². The molecular weight excluding hydrogens is 412 g/mol. The molecule has 1 aromatic carbocycles. The summed E-state index contributed by atoms with van der Waals surface area (Å²) >= 11 is 7.56. The molecule has 9 heteroatoms. The zero-order valence-corrected chi connectivity index (χ0v) is 16.5. The monoisotopic (exact) mass is 424 g/mol. The summed E-state index contributed by atoms with van der Waals surface area (Å²) < 4.78 is 6.02. The van der Waals surface area contributed by atoms with Crippen molar-refractivity contribution < 1.29 is 9.66 Å². The van der Waals surface area contributed by atoms with Crippen molar-refractivity contribution in [2.45, 2.75) is 19.3 Å². The average molecular weight is 425 g/mol. The number of hydrogen-bond acceptors (Lipinski definition) is 7. The lowest BCUT2D eigenvalue weighted by Gasteiger charge is -2.10. The first-order chi connectivity index (χ1) is 14.1. The van der Waals surface area contributed by atoms with E-state index in [9.17, 15) is 10.1 Å². The van der Waals surface area contributed by atoms with Gasteiger partial charge in [-0.25, -0.2) is 4.98 Å². The van der Waals surface area contributed by atoms with Crippen molar-refractivity contribution in [3.8, 4) is 23.0 Å². The molecule has 144 valence electrons. The summed E-state index contributed by atoms with van der Waals surface area (Å²) in [7, 11) is 0. The molecule has 0 amide bonds. The molecule has 7 nitrogen and oxygen atoms in total. The van der Waals surface area contributed by atoms with Gasteiger partial charge in [-0.1, -0.05) is 11.6 Å². The molecule has 0 saturated carbocycles. The van der Waals surface area contributed by atoms with Gasteiger partial charge in [-0.15, -0.1) is 11.3 Å². The predicted molar refractivity (Wildman–Crippen MR) is 111 cm³/mol. The number of nitro groups is 1. The van der Waals surface area contributed by atoms with Gasteiger partial charge in [0.1, 0.15) is 4.83 Å². The molecule has 0 fully saturated rings. The van der Waals surface area contributed by atoms with Gasteiger partial charge in [0.25, 0.3) is 0 Å². The third-order valence-electron chi connectivity index (χ3n) is 4.78. The average Bonchev–Trinajstić information content (AvgIpc) is 3.30. The van der Waals surface area contributed by atoms with Gasteiger partial charge in [-0.2, -0.15) is 4.98 Å². The Morgan fingerprint density at radius 3 is 2.90 bits per heavy atom. The Labute approximate surface area is 174 Å². The SMILES string of the molecule is O=[N+]([O-])c1cc(Cl)ccc1Oc1nc(-c2cccnc2)nc2sc3c(c12)CCC3. The Morgan fingerprint density at radius 2 is 2.10 bits per heavy atom. The minimum absolute atomic E-state index is 0.0921. The van der Waals surface area contributed by atoms with E-state index in [0.29, 0.717) is 11.7 Å². The second kappa shape index (κ2) is 7.06. The van der Waals surface area contributed by atoms with E-state index >= 15 is 0 Å². The highest BCUT2D eigenvalue weighted by atomic mass is 35.5. The van der Waals surface area contributed by atoms with Crippen LogP contribution in [-0.4, -0.2) is 19.9 Å². The molecule has 0 spiro atoms. The Balaban J connectivity index is 1.71. The van der Waals surface area contributed by atoms with Gasteiger partial charge in [0.2, 0.25) is 11.6 Å². The Morgan fingerprint density at radius 1 is 1.21 bits per heavy atom. The molecule has 0 unspecified atom stereocenters. The second-order valence-electron chi connectivity index (χ2n) is 6.60. The maximum atomic E-state index is 11.5. The summed E-state index contributed by atoms with van der Waals surface area (Å²) in [4.78, 5) is 26.5. The van der Waals surface area contributed by atoms with Gasteiger partial charge >= 0.3 is 5.69 Å². The third kappa shape index (κ3) is 3.20. The summed E-state index contributed by atoms with van der Waals surface area (Å²) in [6.07, 6.45) is 6.35. The van der Waals surface area contributed by atoms with Crippen molar-refractivity contribution in [3.63, 3.8) is 0 Å². The summed E-state index contributed by atoms with van der Waals surface area (Å²) in [6, 6.07) is 7.99. The highest BCUT2D eigenvalue weighted by Crippen LogP contribution is 2.43. The number of ether oxygens (including phenoxy) is 1. The molecule has 0 bridgehead atoms. The number of benzene rings is 1. The zero-order chi connectivity index (χ0) is 20.0. The van der Waals surface area contributed by atoms with Crippen LogP contribution in [0.4, 0.5) is 5.69 Å². The first-order valence-electron chi connectivity index (χ1n) is 8.94. The molecule has 1 aliphatic carbocycles. The van der Waals surface area contributed by atoms with E-state index < -0.39 is 4.92 Å². The quantitative estimate of drug-likeness (QED) is 0.313. The number of nitrogens with zero attached hydrogens (tertiary/aromatic N) is 4. The first-order valence-corrected chi connectivity index (χ1v) is 10.1. The van der Waals surface area contributed by atoms with E-state index in [2.05, 4.69) is 9.97 Å². The molecule has 0 atom stereocenters. The molecule has 0 N–H and O–H groups in total. The minimum atomic E-state index is -0.514. The van der Waals surface area contributed by atoms with Gasteiger partial charge in [0, 0.05) is 33.9 Å². The van der Waals surface area contributed by atoms with E-state index in [1.54, 1.807) is 29.8 Å². The van der Waals surface area contributed by atoms with Crippen molar-refractivity contribution in [1.29, 1.82) is 0 Å². The molecule has 4 aromatic rings. The fraction of sp³-hybridized carbons (Fsp3) is 0.150. The molecule has 1 aliphatic rings. The van der Waals surface area contributed by atoms with Crippen LogP contribution in [0.5, 0.6) is 11.6 Å². The highest BCUT2D eigenvalue weighted by molar-refractivity contribution is 7.19. The van der Waals surface area contributed by atoms with E-state index in [0.717, 1.165) is 35.0 Å². The normalized spacial score (nSPS) is 12.9. The summed E-state index contributed by atoms with van der Waals surface area (Å²) in [6.45, 7) is 0. The second-order valence-corrected chi connectivity index (χ2v) is 8.12. The van der Waals surface area contributed by atoms with Crippen LogP contribution in [0.15, 0.2) is 42.7 Å². The Bertz CT molecular complexity index is 1260. The van der Waals surface area contributed by atoms with Crippen LogP contribution in [-0.2, 0) is 12.8 Å². The van der Waals surface area contributed by atoms with Gasteiger partial charge in [-0.05, 0) is 49.1 Å². The van der Waals surface area contributed by atoms with Crippen molar-refractivity contribution in [2.24, 2.45) is 0 Å². The van der Waals surface area contributed by atoms with E-state index in [1.807, 2.05) is 12.1 Å². The number of halogens is 1. The fourth-order valence-corrected chi connectivity index (χ4v) is 4.90. The largest absolute Gasteiger partial charge is 0.431 e. The topological polar surface area (TPSA) is 91.0 Å². The number of nitro benzene ring substituents is 1. The first kappa shape index (κ1) is 18.0. The molecule has 0 radical (unpaired) electrons. The number of rotatable bonds is 4. The molecule has 3 aromatic heterocycles. The molecule has 0 saturated heterocycles. The summed E-state index contributed by atoms with van der Waals surface area (Å²) in [5.74, 6) is 0.880. The van der Waals surface area contributed by atoms with Gasteiger partial charge in [-0.3, -0.25) is 15.1 Å². The van der Waals surface area contributed by atoms with Crippen molar-refractivity contribution in [3.05, 3.63) is 68.3 Å². The van der Waals surface area contributed by atoms with Crippen LogP contribution < -0.4 is 4.74 Å². The number of aryl methyl sites for hydroxylation is 2. The Hall–Kier alpha value is -3.10. The third-order valence-corrected chi connectivity index (χ3v) is 6.20. The van der Waals surface area contributed by atoms with Crippen LogP contribution in [0.25, 0.3) is 21.6 Å². The zero-order valence-electron chi connectivity index (χ0n) is 15.0. The Kier molecular flexibility index (Phi) is 4.37. The number of pyridine rings is 1. The molecule has 5 rings (SSSR count). The lowest BCUT2D eigenvalue weighted by Crippen LogP contribution is -1.98.